The molecule has 0 spiro atoms. The summed E-state index contributed by atoms with van der Waals surface area (Å²) < 4.78 is 2.06. The van der Waals surface area contributed by atoms with Gasteiger partial charge in [-0.25, -0.2) is 0 Å². The first-order valence-corrected chi connectivity index (χ1v) is 8.04. The Balaban J connectivity index is 1.56. The fourth-order valence-corrected chi connectivity index (χ4v) is 3.35. The molecule has 1 aromatic heterocycles. The van der Waals surface area contributed by atoms with Crippen molar-refractivity contribution in [3.8, 4) is 0 Å². The molecule has 0 saturated heterocycles. The van der Waals surface area contributed by atoms with Gasteiger partial charge in [-0.2, -0.15) is 0 Å². The van der Waals surface area contributed by atoms with Crippen LogP contribution in [0.2, 0.25) is 0 Å². The molecule has 2 aliphatic carbocycles. The zero-order chi connectivity index (χ0) is 13.2. The molecule has 0 radical (unpaired) electrons. The summed E-state index contributed by atoms with van der Waals surface area (Å²) in [5.74, 6) is 2.19. The van der Waals surface area contributed by atoms with Gasteiger partial charge in [0.2, 0.25) is 5.91 Å². The standard InChI is InChI=1S/C13H20N4OS/c1-17-12(9-4-2-3-5-9)15-16-13(17)19-8-11(18)14-10-6-7-10/h9-10H,2-8H2,1H3,(H,14,18). The highest BCUT2D eigenvalue weighted by molar-refractivity contribution is 7.99. The van der Waals surface area contributed by atoms with Crippen LogP contribution in [-0.2, 0) is 11.8 Å². The van der Waals surface area contributed by atoms with E-state index < -0.39 is 0 Å². The second-order valence-electron chi connectivity index (χ2n) is 5.51. The van der Waals surface area contributed by atoms with Gasteiger partial charge in [0.15, 0.2) is 5.16 Å². The molecule has 1 heterocycles. The lowest BCUT2D eigenvalue weighted by Gasteiger charge is -2.08. The molecule has 0 aromatic carbocycles. The van der Waals surface area contributed by atoms with Gasteiger partial charge in [0.1, 0.15) is 5.82 Å². The first-order chi connectivity index (χ1) is 9.24. The maximum atomic E-state index is 11.7. The molecule has 2 fully saturated rings. The Morgan fingerprint density at radius 2 is 2.05 bits per heavy atom. The molecule has 0 bridgehead atoms. The van der Waals surface area contributed by atoms with Gasteiger partial charge in [-0.3, -0.25) is 4.79 Å². The van der Waals surface area contributed by atoms with E-state index in [1.165, 1.54) is 37.4 Å². The van der Waals surface area contributed by atoms with E-state index in [-0.39, 0.29) is 5.91 Å². The Kier molecular flexibility index (Phi) is 3.77. The Labute approximate surface area is 117 Å². The molecule has 2 aliphatic rings. The summed E-state index contributed by atoms with van der Waals surface area (Å²) in [7, 11) is 2.01. The van der Waals surface area contributed by atoms with E-state index in [1.807, 2.05) is 7.05 Å². The van der Waals surface area contributed by atoms with Crippen molar-refractivity contribution in [3.63, 3.8) is 0 Å². The van der Waals surface area contributed by atoms with Crippen LogP contribution in [0, 0.1) is 0 Å². The van der Waals surface area contributed by atoms with Gasteiger partial charge < -0.3 is 9.88 Å². The number of hydrogen-bond donors (Lipinski definition) is 1. The second kappa shape index (κ2) is 5.53. The van der Waals surface area contributed by atoms with Gasteiger partial charge >= 0.3 is 0 Å². The topological polar surface area (TPSA) is 59.8 Å². The molecular weight excluding hydrogens is 260 g/mol. The highest BCUT2D eigenvalue weighted by atomic mass is 32.2. The van der Waals surface area contributed by atoms with Crippen LogP contribution in [0.15, 0.2) is 5.16 Å². The van der Waals surface area contributed by atoms with Gasteiger partial charge in [0, 0.05) is 19.0 Å². The number of nitrogens with one attached hydrogen (secondary N) is 1. The molecule has 2 saturated carbocycles. The minimum absolute atomic E-state index is 0.109. The van der Waals surface area contributed by atoms with Crippen molar-refractivity contribution < 1.29 is 4.79 Å². The summed E-state index contributed by atoms with van der Waals surface area (Å²) in [6.45, 7) is 0. The zero-order valence-corrected chi connectivity index (χ0v) is 12.1. The molecule has 1 aromatic rings. The maximum Gasteiger partial charge on any atom is 0.230 e. The Hall–Kier alpha value is -1.04. The Morgan fingerprint density at radius 1 is 1.32 bits per heavy atom. The number of nitrogens with zero attached hydrogens (tertiary/aromatic N) is 3. The predicted octanol–water partition coefficient (Wildman–Crippen LogP) is 1.84. The fraction of sp³-hybridized carbons (Fsp3) is 0.769. The van der Waals surface area contributed by atoms with Gasteiger partial charge in [0.25, 0.3) is 0 Å². The monoisotopic (exact) mass is 280 g/mol. The van der Waals surface area contributed by atoms with E-state index >= 15 is 0 Å². The third-order valence-corrected chi connectivity index (χ3v) is 4.88. The van der Waals surface area contributed by atoms with Crippen LogP contribution in [0.25, 0.3) is 0 Å². The normalized spacial score (nSPS) is 19.8. The maximum absolute atomic E-state index is 11.7. The quantitative estimate of drug-likeness (QED) is 0.836. The first kappa shape index (κ1) is 13.0. The fourth-order valence-electron chi connectivity index (χ4n) is 2.62. The molecule has 5 nitrogen and oxygen atoms in total. The van der Waals surface area contributed by atoms with Crippen molar-refractivity contribution in [2.45, 2.75) is 55.6 Å². The number of thioether (sulfide) groups is 1. The molecule has 1 N–H and O–H groups in total. The van der Waals surface area contributed by atoms with Crippen LogP contribution in [0.4, 0.5) is 0 Å². The molecule has 6 heteroatoms. The molecule has 19 heavy (non-hydrogen) atoms. The molecule has 0 atom stereocenters. The van der Waals surface area contributed by atoms with Gasteiger partial charge in [-0.05, 0) is 25.7 Å². The molecule has 104 valence electrons. The molecule has 0 aliphatic heterocycles. The Bertz CT molecular complexity index is 463. The van der Waals surface area contributed by atoms with Crippen LogP contribution in [0.3, 0.4) is 0 Å². The van der Waals surface area contributed by atoms with E-state index in [9.17, 15) is 4.79 Å². The SMILES string of the molecule is Cn1c(SCC(=O)NC2CC2)nnc1C1CCCC1. The second-order valence-corrected chi connectivity index (χ2v) is 6.45. The third-order valence-electron chi connectivity index (χ3n) is 3.86. The summed E-state index contributed by atoms with van der Waals surface area (Å²) in [6.07, 6.45) is 7.30. The number of aromatic nitrogens is 3. The van der Waals surface area contributed by atoms with Crippen LogP contribution >= 0.6 is 11.8 Å². The average Bonchev–Trinajstić information content (AvgIpc) is 2.91. The summed E-state index contributed by atoms with van der Waals surface area (Å²) in [5.41, 5.74) is 0. The van der Waals surface area contributed by atoms with Gasteiger partial charge in [0.05, 0.1) is 5.75 Å². The van der Waals surface area contributed by atoms with Crippen molar-refractivity contribution >= 4 is 17.7 Å². The van der Waals surface area contributed by atoms with Crippen molar-refractivity contribution in [2.75, 3.05) is 5.75 Å². The smallest absolute Gasteiger partial charge is 0.230 e. The minimum atomic E-state index is 0.109. The highest BCUT2D eigenvalue weighted by Crippen LogP contribution is 2.33. The highest BCUT2D eigenvalue weighted by Gasteiger charge is 2.25. The molecule has 3 rings (SSSR count). The molecular formula is C13H20N4OS. The van der Waals surface area contributed by atoms with E-state index in [2.05, 4.69) is 20.1 Å². The number of rotatable bonds is 5. The lowest BCUT2D eigenvalue weighted by Crippen LogP contribution is -2.27. The van der Waals surface area contributed by atoms with Crippen LogP contribution in [-0.4, -0.2) is 32.5 Å². The van der Waals surface area contributed by atoms with Crippen LogP contribution in [0.5, 0.6) is 0 Å². The van der Waals surface area contributed by atoms with Crippen molar-refractivity contribution in [3.05, 3.63) is 5.82 Å². The van der Waals surface area contributed by atoms with E-state index in [0.29, 0.717) is 17.7 Å². The lowest BCUT2D eigenvalue weighted by molar-refractivity contribution is -0.118. The van der Waals surface area contributed by atoms with Crippen molar-refractivity contribution in [1.29, 1.82) is 0 Å². The summed E-state index contributed by atoms with van der Waals surface area (Å²) in [6, 6.07) is 0.432. The largest absolute Gasteiger partial charge is 0.353 e. The number of carbonyl (C=O) groups excluding carboxylic acids is 1. The number of amides is 1. The number of hydrogen-bond acceptors (Lipinski definition) is 4. The molecule has 1 amide bonds. The summed E-state index contributed by atoms with van der Waals surface area (Å²) in [4.78, 5) is 11.7. The first-order valence-electron chi connectivity index (χ1n) is 7.05. The average molecular weight is 280 g/mol. The summed E-state index contributed by atoms with van der Waals surface area (Å²) >= 11 is 1.48. The summed E-state index contributed by atoms with van der Waals surface area (Å²) in [5, 5.41) is 12.4. The Morgan fingerprint density at radius 3 is 2.74 bits per heavy atom. The lowest BCUT2D eigenvalue weighted by atomic mass is 10.1. The zero-order valence-electron chi connectivity index (χ0n) is 11.3. The number of carbonyl (C=O) groups is 1. The van der Waals surface area contributed by atoms with E-state index in [4.69, 9.17) is 0 Å². The van der Waals surface area contributed by atoms with Crippen molar-refractivity contribution in [1.82, 2.24) is 20.1 Å². The molecule has 0 unspecified atom stereocenters. The third kappa shape index (κ3) is 3.11. The van der Waals surface area contributed by atoms with E-state index in [0.717, 1.165) is 23.8 Å². The van der Waals surface area contributed by atoms with Crippen LogP contribution in [0.1, 0.15) is 50.3 Å². The van der Waals surface area contributed by atoms with Crippen LogP contribution < -0.4 is 5.32 Å². The van der Waals surface area contributed by atoms with Gasteiger partial charge in [-0.15, -0.1) is 10.2 Å². The predicted molar refractivity (Wildman–Crippen MR) is 74.1 cm³/mol. The van der Waals surface area contributed by atoms with E-state index in [1.54, 1.807) is 0 Å². The minimum Gasteiger partial charge on any atom is -0.353 e. The van der Waals surface area contributed by atoms with Gasteiger partial charge in [-0.1, -0.05) is 24.6 Å². The van der Waals surface area contributed by atoms with Crippen molar-refractivity contribution in [2.24, 2.45) is 7.05 Å².